The summed E-state index contributed by atoms with van der Waals surface area (Å²) in [4.78, 5) is 0. The van der Waals surface area contributed by atoms with Crippen LogP contribution in [0.1, 0.15) is 98.3 Å². The van der Waals surface area contributed by atoms with E-state index in [9.17, 15) is 0 Å². The van der Waals surface area contributed by atoms with Gasteiger partial charge in [0.05, 0.1) is 0 Å². The second kappa shape index (κ2) is 12.8. The van der Waals surface area contributed by atoms with Crippen LogP contribution >= 0.6 is 0 Å². The number of hydrogen-bond donors (Lipinski definition) is 0. The van der Waals surface area contributed by atoms with Crippen molar-refractivity contribution < 1.29 is 4.74 Å². The molecule has 0 radical (unpaired) electrons. The zero-order valence-corrected chi connectivity index (χ0v) is 18.8. The van der Waals surface area contributed by atoms with Gasteiger partial charge in [-0.2, -0.15) is 0 Å². The summed E-state index contributed by atoms with van der Waals surface area (Å²) in [6.45, 7) is 10.5. The van der Waals surface area contributed by atoms with Crippen molar-refractivity contribution in [2.45, 2.75) is 125 Å². The van der Waals surface area contributed by atoms with Gasteiger partial charge in [0.2, 0.25) is 0 Å². The normalized spacial score (nSPS) is 22.4. The molecule has 138 valence electrons. The first kappa shape index (κ1) is 21.5. The Labute approximate surface area is 149 Å². The Morgan fingerprint density at radius 3 is 1.78 bits per heavy atom. The van der Waals surface area contributed by atoms with E-state index in [-0.39, 0.29) is 0 Å². The summed E-state index contributed by atoms with van der Waals surface area (Å²) in [5, 5.41) is 4.90. The fraction of sp³-hybridized carbons (Fsp3) is 1.00. The van der Waals surface area contributed by atoms with Crippen LogP contribution in [0.2, 0.25) is 20.5 Å². The Bertz CT molecular complexity index is 257. The molecule has 1 nitrogen and oxygen atoms in total. The van der Waals surface area contributed by atoms with E-state index in [0.29, 0.717) is 6.10 Å². The van der Waals surface area contributed by atoms with Crippen molar-refractivity contribution in [3.05, 3.63) is 0 Å². The second-order valence-corrected chi connectivity index (χ2v) is 18.4. The van der Waals surface area contributed by atoms with Crippen molar-refractivity contribution in [2.24, 2.45) is 0 Å². The first-order valence-electron chi connectivity index (χ1n) is 10.9. The third kappa shape index (κ3) is 7.10. The van der Waals surface area contributed by atoms with Crippen molar-refractivity contribution in [3.63, 3.8) is 0 Å². The Hall–Kier alpha value is 0.503. The maximum absolute atomic E-state index is 6.39. The van der Waals surface area contributed by atoms with E-state index >= 15 is 0 Å². The van der Waals surface area contributed by atoms with Gasteiger partial charge >= 0.3 is 150 Å². The van der Waals surface area contributed by atoms with E-state index in [0.717, 1.165) is 11.4 Å². The molecule has 2 atom stereocenters. The Balaban J connectivity index is 2.93. The molecule has 1 aliphatic heterocycles. The van der Waals surface area contributed by atoms with Crippen LogP contribution in [-0.4, -0.2) is 26.0 Å². The molecule has 0 bridgehead atoms. The van der Waals surface area contributed by atoms with Crippen LogP contribution in [0.3, 0.4) is 0 Å². The van der Waals surface area contributed by atoms with E-state index in [4.69, 9.17) is 4.74 Å². The molecule has 1 rings (SSSR count). The first-order chi connectivity index (χ1) is 11.2. The Kier molecular flexibility index (Phi) is 12.0. The molecule has 1 aliphatic rings. The van der Waals surface area contributed by atoms with E-state index in [1.807, 2.05) is 0 Å². The third-order valence-corrected chi connectivity index (χ3v) is 19.3. The van der Waals surface area contributed by atoms with Gasteiger partial charge < -0.3 is 0 Å². The van der Waals surface area contributed by atoms with Crippen LogP contribution in [0.15, 0.2) is 0 Å². The molecule has 0 spiro atoms. The predicted molar refractivity (Wildman–Crippen MR) is 107 cm³/mol. The number of rotatable bonds is 13. The van der Waals surface area contributed by atoms with Gasteiger partial charge in [0.1, 0.15) is 0 Å². The average Bonchev–Trinajstić information content (AvgIpc) is 2.60. The minimum absolute atomic E-state index is 0.634. The Morgan fingerprint density at radius 2 is 1.30 bits per heavy atom. The Morgan fingerprint density at radius 1 is 0.783 bits per heavy atom. The van der Waals surface area contributed by atoms with Gasteiger partial charge in [-0.15, -0.1) is 0 Å². The molecule has 0 amide bonds. The SMILES string of the molecule is CCCC[C@@H]1OCCC[C@H]1[Ge]([CH2]CCC)([CH2]CCC)[CH2]CCC. The summed E-state index contributed by atoms with van der Waals surface area (Å²) in [6.07, 6.45) is 16.2. The molecule has 2 heteroatoms. The topological polar surface area (TPSA) is 9.23 Å². The molecular weight excluding hydrogens is 341 g/mol. The van der Waals surface area contributed by atoms with Gasteiger partial charge in [0.15, 0.2) is 0 Å². The van der Waals surface area contributed by atoms with Gasteiger partial charge in [-0.05, 0) is 0 Å². The molecule has 0 aliphatic carbocycles. The molecule has 1 fully saturated rings. The maximum atomic E-state index is 6.39. The summed E-state index contributed by atoms with van der Waals surface area (Å²) in [7, 11) is 0. The van der Waals surface area contributed by atoms with Gasteiger partial charge in [0.25, 0.3) is 0 Å². The average molecular weight is 385 g/mol. The van der Waals surface area contributed by atoms with Crippen LogP contribution in [-0.2, 0) is 4.74 Å². The van der Waals surface area contributed by atoms with Crippen LogP contribution < -0.4 is 0 Å². The zero-order chi connectivity index (χ0) is 17.0. The van der Waals surface area contributed by atoms with E-state index < -0.39 is 13.3 Å². The molecule has 0 unspecified atom stereocenters. The van der Waals surface area contributed by atoms with Crippen molar-refractivity contribution >= 4 is 13.3 Å². The van der Waals surface area contributed by atoms with Gasteiger partial charge in [-0.1, -0.05) is 0 Å². The summed E-state index contributed by atoms with van der Waals surface area (Å²) in [6, 6.07) is 0. The van der Waals surface area contributed by atoms with E-state index in [1.54, 1.807) is 15.8 Å². The summed E-state index contributed by atoms with van der Waals surface area (Å²) < 4.78 is 7.40. The first-order valence-corrected chi connectivity index (χ1v) is 16.5. The standard InChI is InChI=1S/C21H44GeO/c1-5-9-15-21-20(14-13-19-23-21)22(16-10-6-2,17-11-7-3)18-12-8-4/h20-21H,5-19H2,1-4H3/t20-,21+/m1/s1. The molecule has 1 heterocycles. The molecule has 0 aromatic rings. The predicted octanol–water partition coefficient (Wildman–Crippen LogP) is 7.57. The summed E-state index contributed by atoms with van der Waals surface area (Å²) >= 11 is -1.81. The fourth-order valence-electron chi connectivity index (χ4n) is 4.75. The zero-order valence-electron chi connectivity index (χ0n) is 16.7. The minimum atomic E-state index is -1.81. The summed E-state index contributed by atoms with van der Waals surface area (Å²) in [5.74, 6) is 0. The molecule has 0 aromatic heterocycles. The van der Waals surface area contributed by atoms with Crippen LogP contribution in [0.25, 0.3) is 0 Å². The van der Waals surface area contributed by atoms with Crippen LogP contribution in [0.4, 0.5) is 0 Å². The second-order valence-electron chi connectivity index (χ2n) is 7.97. The van der Waals surface area contributed by atoms with Crippen molar-refractivity contribution in [1.29, 1.82) is 0 Å². The molecule has 1 saturated heterocycles. The number of ether oxygens (including phenoxy) is 1. The number of unbranched alkanes of at least 4 members (excludes halogenated alkanes) is 4. The monoisotopic (exact) mass is 386 g/mol. The van der Waals surface area contributed by atoms with Crippen LogP contribution in [0, 0.1) is 0 Å². The molecule has 0 aromatic carbocycles. The van der Waals surface area contributed by atoms with Crippen molar-refractivity contribution in [2.75, 3.05) is 6.61 Å². The van der Waals surface area contributed by atoms with Gasteiger partial charge in [0, 0.05) is 0 Å². The van der Waals surface area contributed by atoms with Crippen molar-refractivity contribution in [3.8, 4) is 0 Å². The molecular formula is C21H44GeO. The quantitative estimate of drug-likeness (QED) is 0.297. The van der Waals surface area contributed by atoms with E-state index in [2.05, 4.69) is 27.7 Å². The molecule has 0 N–H and O–H groups in total. The van der Waals surface area contributed by atoms with Gasteiger partial charge in [-0.3, -0.25) is 0 Å². The van der Waals surface area contributed by atoms with Gasteiger partial charge in [-0.25, -0.2) is 0 Å². The van der Waals surface area contributed by atoms with E-state index in [1.165, 1.54) is 70.6 Å². The van der Waals surface area contributed by atoms with Crippen molar-refractivity contribution in [1.82, 2.24) is 0 Å². The number of hydrogen-bond acceptors (Lipinski definition) is 1. The van der Waals surface area contributed by atoms with Crippen LogP contribution in [0.5, 0.6) is 0 Å². The third-order valence-electron chi connectivity index (χ3n) is 6.15. The summed E-state index contributed by atoms with van der Waals surface area (Å²) in [5.41, 5.74) is 0. The molecule has 23 heavy (non-hydrogen) atoms. The fourth-order valence-corrected chi connectivity index (χ4v) is 19.2. The molecule has 0 saturated carbocycles.